The number of nitrogens with two attached hydrogens (primary N) is 1. The molecule has 0 aliphatic carbocycles. The van der Waals surface area contributed by atoms with Crippen LogP contribution >= 0.6 is 0 Å². The van der Waals surface area contributed by atoms with Crippen molar-refractivity contribution in [2.45, 2.75) is 157 Å². The number of benzene rings is 2. The Morgan fingerprint density at radius 2 is 1.32 bits per heavy atom. The first-order valence-corrected chi connectivity index (χ1v) is 29.0. The van der Waals surface area contributed by atoms with E-state index >= 15 is 0 Å². The lowest BCUT2D eigenvalue weighted by Crippen LogP contribution is -2.61. The predicted octanol–water partition coefficient (Wildman–Crippen LogP) is 4.41. The Bertz CT molecular complexity index is 2770. The molecule has 1 aliphatic rings. The maximum absolute atomic E-state index is 14.4. The summed E-state index contributed by atoms with van der Waals surface area (Å²) in [5.41, 5.74) is 3.59. The normalized spacial score (nSPS) is 15.3. The van der Waals surface area contributed by atoms with Gasteiger partial charge in [0.05, 0.1) is 30.2 Å². The van der Waals surface area contributed by atoms with Crippen molar-refractivity contribution in [2.75, 3.05) is 45.7 Å². The van der Waals surface area contributed by atoms with Crippen LogP contribution in [0.2, 0.25) is 0 Å². The van der Waals surface area contributed by atoms with Crippen LogP contribution in [-0.4, -0.2) is 142 Å². The second-order valence-corrected chi connectivity index (χ2v) is 26.7. The Balaban J connectivity index is 1.72. The van der Waals surface area contributed by atoms with E-state index in [1.54, 1.807) is 27.9 Å². The number of amides is 10. The fraction of sp³-hybridized carbons (Fsp3) is 0.576. The number of likely N-dealkylation sites (N-methyl/N-ethyl adjacent to an activating group) is 2. The number of carbonyl (C=O) groups excluding carboxylic acids is 9. The van der Waals surface area contributed by atoms with Crippen molar-refractivity contribution in [3.8, 4) is 0 Å². The van der Waals surface area contributed by atoms with Gasteiger partial charge >= 0.3 is 6.03 Å². The molecule has 0 unspecified atom stereocenters. The summed E-state index contributed by atoms with van der Waals surface area (Å²) >= 11 is 0. The maximum Gasteiger partial charge on any atom is 0.312 e. The minimum atomic E-state index is -4.50. The topological polar surface area (TPSA) is 314 Å². The first-order valence-electron chi connectivity index (χ1n) is 27.5. The van der Waals surface area contributed by atoms with Gasteiger partial charge in [0, 0.05) is 60.8 Å². The summed E-state index contributed by atoms with van der Waals surface area (Å²) in [4.78, 5) is 121. The van der Waals surface area contributed by atoms with Crippen LogP contribution < -0.4 is 42.4 Å². The highest BCUT2D eigenvalue weighted by molar-refractivity contribution is 7.90. The number of hydrogen-bond donors (Lipinski definition) is 8. The highest BCUT2D eigenvalue weighted by atomic mass is 32.2. The van der Waals surface area contributed by atoms with Crippen LogP contribution in [-0.2, 0) is 58.5 Å². The standard InChI is InChI=1S/C59H90N10O12S/c1-36(2)43(68(16)54(77)49(56(6,7)8)66-53(76)48(61-15)59(13,14)39-21-18-17-19-22-39)31-38(5)50(73)67-82(79,80)41-26-24-40(25-27-41)63-51(74)42(23-20-30-62-55(60)78)64-52(75)47(37(3)4)65-44(70)32-57(9,10)34-81-35-58(11,12)33-69-45(71)28-29-46(69)72/h17-19,21-22,24-29,31,36-37,42-43,47-49,61H,20,23,30,32-35H2,1-16H3,(H,63,74)(H,64,75)(H,65,70)(H,66,76)(H,67,73)(H3,60,62,78)/b38-31+/t42-,43+,47-,48+,49+/m0/s1. The van der Waals surface area contributed by atoms with Crippen LogP contribution in [0.4, 0.5) is 10.5 Å². The Kier molecular flexibility index (Phi) is 24.8. The number of anilines is 1. The third-order valence-electron chi connectivity index (χ3n) is 14.1. The van der Waals surface area contributed by atoms with E-state index in [9.17, 15) is 51.6 Å². The van der Waals surface area contributed by atoms with Crippen molar-refractivity contribution in [3.05, 3.63) is 84.0 Å². The van der Waals surface area contributed by atoms with Crippen LogP contribution in [0.15, 0.2) is 83.3 Å². The lowest BCUT2D eigenvalue weighted by molar-refractivity contribution is -0.141. The number of ether oxygens (including phenoxy) is 1. The molecule has 1 heterocycles. The summed E-state index contributed by atoms with van der Waals surface area (Å²) in [5.74, 6) is -5.06. The van der Waals surface area contributed by atoms with E-state index in [0.717, 1.165) is 10.5 Å². The molecule has 454 valence electrons. The third-order valence-corrected chi connectivity index (χ3v) is 15.4. The Labute approximate surface area is 484 Å². The summed E-state index contributed by atoms with van der Waals surface area (Å²) < 4.78 is 35.3. The van der Waals surface area contributed by atoms with Gasteiger partial charge in [0.1, 0.15) is 18.1 Å². The van der Waals surface area contributed by atoms with E-state index in [0.29, 0.717) is 0 Å². The summed E-state index contributed by atoms with van der Waals surface area (Å²) in [7, 11) is -1.24. The molecule has 2 aromatic carbocycles. The Hall–Kier alpha value is -6.98. The Morgan fingerprint density at radius 3 is 1.84 bits per heavy atom. The average Bonchev–Trinajstić information content (AvgIpc) is 3.64. The largest absolute Gasteiger partial charge is 0.380 e. The molecule has 9 N–H and O–H groups in total. The molecule has 0 spiro atoms. The summed E-state index contributed by atoms with van der Waals surface area (Å²) in [6.07, 6.45) is 4.11. The minimum Gasteiger partial charge on any atom is -0.380 e. The van der Waals surface area contributed by atoms with Gasteiger partial charge in [-0.3, -0.25) is 43.3 Å². The lowest BCUT2D eigenvalue weighted by Gasteiger charge is -2.40. The molecule has 0 saturated carbocycles. The first-order chi connectivity index (χ1) is 37.8. The van der Waals surface area contributed by atoms with Crippen LogP contribution in [0.25, 0.3) is 0 Å². The van der Waals surface area contributed by atoms with Gasteiger partial charge in [-0.15, -0.1) is 0 Å². The fourth-order valence-electron chi connectivity index (χ4n) is 9.33. The molecule has 0 fully saturated rings. The van der Waals surface area contributed by atoms with Crippen LogP contribution in [0, 0.1) is 28.1 Å². The summed E-state index contributed by atoms with van der Waals surface area (Å²) in [6.45, 7) is 25.8. The molecule has 82 heavy (non-hydrogen) atoms. The minimum absolute atomic E-state index is 0.00210. The molecule has 2 aromatic rings. The van der Waals surface area contributed by atoms with Gasteiger partial charge in [0.15, 0.2) is 0 Å². The van der Waals surface area contributed by atoms with Crippen molar-refractivity contribution < 1.29 is 56.3 Å². The third kappa shape index (κ3) is 20.5. The number of nitrogens with one attached hydrogen (secondary N) is 7. The van der Waals surface area contributed by atoms with Gasteiger partial charge in [-0.2, -0.15) is 0 Å². The molecule has 0 radical (unpaired) electrons. The number of urea groups is 1. The van der Waals surface area contributed by atoms with Gasteiger partial charge in [-0.1, -0.05) is 126 Å². The number of carbonyl (C=O) groups is 9. The molecular formula is C59H90N10O12S. The van der Waals surface area contributed by atoms with Crippen molar-refractivity contribution in [1.29, 1.82) is 0 Å². The number of sulfonamides is 1. The second-order valence-electron chi connectivity index (χ2n) is 25.0. The number of imide groups is 1. The molecule has 0 saturated heterocycles. The van der Waals surface area contributed by atoms with E-state index in [-0.39, 0.29) is 73.5 Å². The molecular weight excluding hydrogens is 1070 g/mol. The zero-order valence-electron chi connectivity index (χ0n) is 50.7. The van der Waals surface area contributed by atoms with Gasteiger partial charge < -0.3 is 47.3 Å². The van der Waals surface area contributed by atoms with Crippen molar-refractivity contribution in [2.24, 2.45) is 33.8 Å². The fourth-order valence-corrected chi connectivity index (χ4v) is 10.3. The zero-order chi connectivity index (χ0) is 62.3. The van der Waals surface area contributed by atoms with Crippen LogP contribution in [0.1, 0.15) is 122 Å². The molecule has 0 bridgehead atoms. The molecule has 10 amide bonds. The van der Waals surface area contributed by atoms with Crippen molar-refractivity contribution in [1.82, 2.24) is 41.1 Å². The quantitative estimate of drug-likeness (QED) is 0.0306. The zero-order valence-corrected chi connectivity index (χ0v) is 51.5. The Morgan fingerprint density at radius 1 is 0.744 bits per heavy atom. The maximum atomic E-state index is 14.4. The van der Waals surface area contributed by atoms with E-state index in [2.05, 4.69) is 36.6 Å². The van der Waals surface area contributed by atoms with Gasteiger partial charge in [-0.05, 0) is 79.3 Å². The van der Waals surface area contributed by atoms with E-state index < -0.39 is 115 Å². The monoisotopic (exact) mass is 1160 g/mol. The molecule has 0 aromatic heterocycles. The second kappa shape index (κ2) is 29.3. The highest BCUT2D eigenvalue weighted by Gasteiger charge is 2.42. The number of primary amides is 1. The molecule has 1 aliphatic heterocycles. The lowest BCUT2D eigenvalue weighted by atomic mass is 9.76. The predicted molar refractivity (Wildman–Crippen MR) is 314 cm³/mol. The smallest absolute Gasteiger partial charge is 0.312 e. The van der Waals surface area contributed by atoms with Crippen molar-refractivity contribution >= 4 is 69.0 Å². The number of nitrogens with zero attached hydrogens (tertiary/aromatic N) is 2. The molecule has 5 atom stereocenters. The average molecular weight is 1160 g/mol. The van der Waals surface area contributed by atoms with E-state index in [4.69, 9.17) is 10.5 Å². The summed E-state index contributed by atoms with van der Waals surface area (Å²) in [5, 5.41) is 16.7. The molecule has 3 rings (SSSR count). The van der Waals surface area contributed by atoms with Gasteiger partial charge in [0.25, 0.3) is 27.7 Å². The van der Waals surface area contributed by atoms with E-state index in [1.165, 1.54) is 54.3 Å². The molecule has 23 heteroatoms. The van der Waals surface area contributed by atoms with Crippen LogP contribution in [0.5, 0.6) is 0 Å². The molecule has 22 nitrogen and oxygen atoms in total. The van der Waals surface area contributed by atoms with Crippen molar-refractivity contribution in [3.63, 3.8) is 0 Å². The van der Waals surface area contributed by atoms with Gasteiger partial charge in [0.2, 0.25) is 29.5 Å². The number of rotatable bonds is 30. The summed E-state index contributed by atoms with van der Waals surface area (Å²) in [6, 6.07) is 9.01. The highest BCUT2D eigenvalue weighted by Crippen LogP contribution is 2.30. The van der Waals surface area contributed by atoms with Gasteiger partial charge in [-0.25, -0.2) is 17.9 Å². The van der Waals surface area contributed by atoms with Crippen LogP contribution in [0.3, 0.4) is 0 Å². The number of hydrogen-bond acceptors (Lipinski definition) is 13. The SMILES string of the molecule is CN[C@H](C(=O)N[C@H](C(=O)N(C)[C@H](/C=C(\C)C(=O)NS(=O)(=O)c1ccc(NC(=O)[C@H](CCCNC(N)=O)NC(=O)[C@@H](NC(=O)CC(C)(C)COCC(C)(C)CN2C(=O)C=CC2=O)C(C)C)cc1)C(C)C)C(C)(C)C)C(C)(C)c1ccccc1. The van der Waals surface area contributed by atoms with E-state index in [1.807, 2.05) is 106 Å². The first kappa shape index (κ1) is 69.3.